The Morgan fingerprint density at radius 1 is 0.767 bits per heavy atom. The van der Waals surface area contributed by atoms with Gasteiger partial charge in [0.2, 0.25) is 6.79 Å². The number of aliphatic hydroxyl groups excluding tert-OH is 3. The lowest BCUT2D eigenvalue weighted by molar-refractivity contribution is -0.145. The number of hydrogen-bond donors (Lipinski definition) is 3. The fraction of sp³-hybridized carbons (Fsp3) is 0.343. The SMILES string of the molecule is C=C(CO)C(=O)OCOc1ccc(-c2ccc(-c3ccc(OCOC(O)C(=C)CO)cc3)cc2CCCCCCC)cc1. The first-order valence-corrected chi connectivity index (χ1v) is 14.5. The monoisotopic (exact) mass is 590 g/mol. The quantitative estimate of drug-likeness (QED) is 0.0499. The molecular formula is C35H42O8. The molecule has 0 saturated carbocycles. The highest BCUT2D eigenvalue weighted by atomic mass is 16.7. The van der Waals surface area contributed by atoms with E-state index < -0.39 is 18.9 Å². The van der Waals surface area contributed by atoms with Crippen molar-refractivity contribution in [3.63, 3.8) is 0 Å². The molecule has 0 aliphatic heterocycles. The molecule has 0 fully saturated rings. The highest BCUT2D eigenvalue weighted by Crippen LogP contribution is 2.32. The third-order valence-electron chi connectivity index (χ3n) is 6.91. The molecule has 3 rings (SSSR count). The number of hydrogen-bond acceptors (Lipinski definition) is 8. The summed E-state index contributed by atoms with van der Waals surface area (Å²) in [5.74, 6) is 0.456. The minimum atomic E-state index is -1.28. The number of ether oxygens (including phenoxy) is 4. The standard InChI is InChI=1S/C35H42O8/c1-4-5-6-7-8-9-30-20-29(27-10-15-31(16-11-27)40-23-42-34(38)25(2)21-36)14-19-33(30)28-12-17-32(18-13-28)41-24-43-35(39)26(3)22-37/h10-20,34,36-38H,2-9,21-24H2,1H3. The van der Waals surface area contributed by atoms with Crippen molar-refractivity contribution in [2.24, 2.45) is 0 Å². The zero-order valence-corrected chi connectivity index (χ0v) is 24.8. The lowest BCUT2D eigenvalue weighted by atomic mass is 9.92. The molecular weight excluding hydrogens is 548 g/mol. The highest BCUT2D eigenvalue weighted by molar-refractivity contribution is 5.87. The lowest BCUT2D eigenvalue weighted by Gasteiger charge is -2.15. The van der Waals surface area contributed by atoms with Crippen LogP contribution in [0.1, 0.15) is 44.6 Å². The van der Waals surface area contributed by atoms with Crippen LogP contribution >= 0.6 is 0 Å². The van der Waals surface area contributed by atoms with Gasteiger partial charge in [-0.15, -0.1) is 0 Å². The van der Waals surface area contributed by atoms with Crippen molar-refractivity contribution in [2.75, 3.05) is 26.8 Å². The van der Waals surface area contributed by atoms with Gasteiger partial charge < -0.3 is 34.3 Å². The number of benzene rings is 3. The summed E-state index contributed by atoms with van der Waals surface area (Å²) in [6.45, 7) is 7.90. The molecule has 0 spiro atoms. The van der Waals surface area contributed by atoms with Crippen molar-refractivity contribution in [1.82, 2.24) is 0 Å². The van der Waals surface area contributed by atoms with E-state index in [0.717, 1.165) is 35.1 Å². The number of unbranched alkanes of at least 4 members (excludes halogenated alkanes) is 4. The fourth-order valence-corrected chi connectivity index (χ4v) is 4.34. The molecule has 0 saturated heterocycles. The van der Waals surface area contributed by atoms with Crippen LogP contribution < -0.4 is 9.47 Å². The Labute approximate surface area is 253 Å². The molecule has 0 aromatic heterocycles. The van der Waals surface area contributed by atoms with Crippen LogP contribution in [0, 0.1) is 0 Å². The van der Waals surface area contributed by atoms with Crippen molar-refractivity contribution in [2.45, 2.75) is 51.7 Å². The zero-order valence-electron chi connectivity index (χ0n) is 24.8. The predicted molar refractivity (Wildman–Crippen MR) is 166 cm³/mol. The van der Waals surface area contributed by atoms with Gasteiger partial charge in [0.05, 0.1) is 18.8 Å². The third kappa shape index (κ3) is 10.7. The van der Waals surface area contributed by atoms with E-state index in [1.807, 2.05) is 48.5 Å². The number of rotatable bonds is 19. The zero-order chi connectivity index (χ0) is 31.0. The molecule has 8 heteroatoms. The van der Waals surface area contributed by atoms with Crippen LogP contribution in [-0.4, -0.2) is 54.4 Å². The Bertz CT molecular complexity index is 1310. The first-order valence-electron chi connectivity index (χ1n) is 14.5. The van der Waals surface area contributed by atoms with E-state index in [-0.39, 0.29) is 31.3 Å². The second-order valence-corrected chi connectivity index (χ2v) is 10.1. The van der Waals surface area contributed by atoms with Crippen molar-refractivity contribution in [3.8, 4) is 33.8 Å². The number of carbonyl (C=O) groups excluding carboxylic acids is 1. The average molecular weight is 591 g/mol. The molecule has 3 aromatic carbocycles. The number of aryl methyl sites for hydroxylation is 1. The van der Waals surface area contributed by atoms with Crippen LogP contribution in [0.2, 0.25) is 0 Å². The molecule has 0 radical (unpaired) electrons. The van der Waals surface area contributed by atoms with Gasteiger partial charge in [-0.25, -0.2) is 4.79 Å². The average Bonchev–Trinajstić information content (AvgIpc) is 3.04. The van der Waals surface area contributed by atoms with Crippen LogP contribution in [0.15, 0.2) is 91.0 Å². The second kappa shape index (κ2) is 17.9. The van der Waals surface area contributed by atoms with Gasteiger partial charge in [0.1, 0.15) is 11.5 Å². The minimum Gasteiger partial charge on any atom is -0.467 e. The van der Waals surface area contributed by atoms with Crippen molar-refractivity contribution < 1.29 is 39.1 Å². The summed E-state index contributed by atoms with van der Waals surface area (Å²) < 4.78 is 21.2. The van der Waals surface area contributed by atoms with Crippen molar-refractivity contribution >= 4 is 5.97 Å². The molecule has 3 N–H and O–H groups in total. The molecule has 3 aromatic rings. The molecule has 8 nitrogen and oxygen atoms in total. The molecule has 1 unspecified atom stereocenters. The topological polar surface area (TPSA) is 115 Å². The Kier molecular flexibility index (Phi) is 14.0. The Hall–Kier alpha value is -3.95. The van der Waals surface area contributed by atoms with Gasteiger partial charge >= 0.3 is 5.97 Å². The number of esters is 1. The van der Waals surface area contributed by atoms with Crippen LogP contribution in [0.3, 0.4) is 0 Å². The Morgan fingerprint density at radius 2 is 1.37 bits per heavy atom. The van der Waals surface area contributed by atoms with E-state index in [1.165, 1.54) is 31.2 Å². The third-order valence-corrected chi connectivity index (χ3v) is 6.91. The van der Waals surface area contributed by atoms with Crippen molar-refractivity contribution in [1.29, 1.82) is 0 Å². The number of carbonyl (C=O) groups is 1. The summed E-state index contributed by atoms with van der Waals surface area (Å²) >= 11 is 0. The van der Waals surface area contributed by atoms with Gasteiger partial charge in [0, 0.05) is 5.57 Å². The summed E-state index contributed by atoms with van der Waals surface area (Å²) in [5, 5.41) is 27.7. The van der Waals surface area contributed by atoms with Gasteiger partial charge in [0.25, 0.3) is 0 Å². The van der Waals surface area contributed by atoms with E-state index >= 15 is 0 Å². The van der Waals surface area contributed by atoms with Crippen LogP contribution in [-0.2, 0) is 20.7 Å². The van der Waals surface area contributed by atoms with Crippen LogP contribution in [0.25, 0.3) is 22.3 Å². The van der Waals surface area contributed by atoms with Crippen LogP contribution in [0.5, 0.6) is 11.5 Å². The summed E-state index contributed by atoms with van der Waals surface area (Å²) in [6, 6.07) is 21.8. The number of aliphatic hydroxyl groups is 3. The maximum absolute atomic E-state index is 11.6. The van der Waals surface area contributed by atoms with E-state index in [2.05, 4.69) is 38.3 Å². The maximum Gasteiger partial charge on any atom is 0.338 e. The minimum absolute atomic E-state index is 0.0264. The molecule has 0 bridgehead atoms. The van der Waals surface area contributed by atoms with Crippen LogP contribution in [0.4, 0.5) is 0 Å². The summed E-state index contributed by atoms with van der Waals surface area (Å²) in [4.78, 5) is 11.6. The summed E-state index contributed by atoms with van der Waals surface area (Å²) in [7, 11) is 0. The van der Waals surface area contributed by atoms with Gasteiger partial charge in [-0.2, -0.15) is 0 Å². The predicted octanol–water partition coefficient (Wildman–Crippen LogP) is 6.18. The fourth-order valence-electron chi connectivity index (χ4n) is 4.34. The van der Waals surface area contributed by atoms with Gasteiger partial charge in [-0.1, -0.05) is 88.2 Å². The maximum atomic E-state index is 11.6. The Morgan fingerprint density at radius 3 is 2.00 bits per heavy atom. The molecule has 0 aliphatic carbocycles. The lowest BCUT2D eigenvalue weighted by Crippen LogP contribution is -2.19. The van der Waals surface area contributed by atoms with Gasteiger partial charge in [0.15, 0.2) is 13.1 Å². The van der Waals surface area contributed by atoms with E-state index in [0.29, 0.717) is 11.5 Å². The van der Waals surface area contributed by atoms with E-state index in [4.69, 9.17) is 29.2 Å². The van der Waals surface area contributed by atoms with Crippen molar-refractivity contribution in [3.05, 3.63) is 96.6 Å². The molecule has 0 heterocycles. The second-order valence-electron chi connectivity index (χ2n) is 10.1. The molecule has 230 valence electrons. The first kappa shape index (κ1) is 33.6. The first-order chi connectivity index (χ1) is 20.9. The highest BCUT2D eigenvalue weighted by Gasteiger charge is 2.11. The summed E-state index contributed by atoms with van der Waals surface area (Å²) in [5.41, 5.74) is 5.74. The molecule has 0 aliphatic rings. The van der Waals surface area contributed by atoms with E-state index in [1.54, 1.807) is 0 Å². The molecule has 1 atom stereocenters. The van der Waals surface area contributed by atoms with Gasteiger partial charge in [-0.3, -0.25) is 0 Å². The largest absolute Gasteiger partial charge is 0.467 e. The normalized spacial score (nSPS) is 11.5. The van der Waals surface area contributed by atoms with Gasteiger partial charge in [-0.05, 0) is 64.9 Å². The Balaban J connectivity index is 1.71. The molecule has 0 amide bonds. The molecule has 43 heavy (non-hydrogen) atoms. The smallest absolute Gasteiger partial charge is 0.338 e. The summed E-state index contributed by atoms with van der Waals surface area (Å²) in [6.07, 6.45) is 5.63. The van der Waals surface area contributed by atoms with E-state index in [9.17, 15) is 9.90 Å².